The summed E-state index contributed by atoms with van der Waals surface area (Å²) in [6.45, 7) is -0.383. The third kappa shape index (κ3) is 5.25. The second-order valence-corrected chi connectivity index (χ2v) is 9.85. The van der Waals surface area contributed by atoms with Crippen molar-refractivity contribution in [1.82, 2.24) is 9.62 Å². The summed E-state index contributed by atoms with van der Waals surface area (Å²) in [5.41, 5.74) is -0.859. The number of hydrogen-bond acceptors (Lipinski definition) is 5. The molecule has 1 saturated heterocycles. The van der Waals surface area contributed by atoms with Gasteiger partial charge in [-0.1, -0.05) is 35.1 Å². The predicted molar refractivity (Wildman–Crippen MR) is 105 cm³/mol. The zero-order chi connectivity index (χ0) is 21.2. The first kappa shape index (κ1) is 22.4. The number of nitrogens with one attached hydrogen (secondary N) is 1. The Hall–Kier alpha value is -1.30. The van der Waals surface area contributed by atoms with Crippen molar-refractivity contribution in [3.63, 3.8) is 0 Å². The standard InChI is InChI=1S/C18H18ClF3N2O3S2/c19-15-5-6-16(28-15)29(27)24-7-1-2-14(24)17(26)23-9-12-4-3-11(10-25)8-13(12)18(20,21)22/h3-6,8,14,25H,1-2,7,9-10H2,(H,23,26)/t14-,29?/m0/s1. The smallest absolute Gasteiger partial charge is 0.416 e. The van der Waals surface area contributed by atoms with Gasteiger partial charge >= 0.3 is 6.18 Å². The number of carbonyl (C=O) groups excluding carboxylic acids is 1. The normalized spacial score (nSPS) is 18.8. The fourth-order valence-electron chi connectivity index (χ4n) is 3.15. The van der Waals surface area contributed by atoms with E-state index in [0.29, 0.717) is 27.9 Å². The number of thiophene rings is 1. The van der Waals surface area contributed by atoms with Crippen LogP contribution in [0.5, 0.6) is 0 Å². The van der Waals surface area contributed by atoms with Crippen LogP contribution in [0.15, 0.2) is 34.5 Å². The Bertz CT molecular complexity index is 878. The van der Waals surface area contributed by atoms with E-state index in [1.54, 1.807) is 12.1 Å². The summed E-state index contributed by atoms with van der Waals surface area (Å²) in [7, 11) is 0. The van der Waals surface area contributed by atoms with Gasteiger partial charge in [0, 0.05) is 19.2 Å². The van der Waals surface area contributed by atoms with Gasteiger partial charge in [0.15, 0.2) is 0 Å². The number of nitrogens with zero attached hydrogens (tertiary/aromatic N) is 1. The van der Waals surface area contributed by atoms with Crippen molar-refractivity contribution in [1.29, 1.82) is 0 Å². The highest BCUT2D eigenvalue weighted by Gasteiger charge is 2.40. The van der Waals surface area contributed by atoms with Crippen LogP contribution in [-0.2, 0) is 35.5 Å². The maximum absolute atomic E-state index is 13.3. The number of carbonyl (C=O) groups is 1. The first-order chi connectivity index (χ1) is 13.7. The first-order valence-electron chi connectivity index (χ1n) is 8.72. The highest BCUT2D eigenvalue weighted by atomic mass is 35.5. The number of amides is 1. The Balaban J connectivity index is 1.70. The lowest BCUT2D eigenvalue weighted by atomic mass is 10.0. The van der Waals surface area contributed by atoms with Crippen molar-refractivity contribution in [2.24, 2.45) is 0 Å². The number of halogens is 4. The summed E-state index contributed by atoms with van der Waals surface area (Å²) in [6.07, 6.45) is -3.49. The molecule has 0 saturated carbocycles. The van der Waals surface area contributed by atoms with Crippen molar-refractivity contribution >= 4 is 40.2 Å². The maximum atomic E-state index is 13.3. The summed E-state index contributed by atoms with van der Waals surface area (Å²) in [6, 6.07) is 6.07. The molecule has 1 aromatic heterocycles. The molecule has 1 aliphatic heterocycles. The van der Waals surface area contributed by atoms with Gasteiger partial charge in [0.05, 0.1) is 27.9 Å². The minimum absolute atomic E-state index is 0.0984. The number of hydrogen-bond donors (Lipinski definition) is 2. The molecular weight excluding hydrogens is 449 g/mol. The number of aliphatic hydroxyl groups is 1. The molecule has 2 atom stereocenters. The Labute approximate surface area is 177 Å². The van der Waals surface area contributed by atoms with Gasteiger partial charge in [-0.25, -0.2) is 0 Å². The molecule has 1 aliphatic rings. The Morgan fingerprint density at radius 1 is 1.38 bits per heavy atom. The summed E-state index contributed by atoms with van der Waals surface area (Å²) in [5.74, 6) is -0.474. The van der Waals surface area contributed by atoms with Crippen LogP contribution in [0.25, 0.3) is 0 Å². The van der Waals surface area contributed by atoms with E-state index in [1.807, 2.05) is 0 Å². The minimum atomic E-state index is -4.61. The molecule has 0 spiro atoms. The van der Waals surface area contributed by atoms with Gasteiger partial charge in [-0.15, -0.1) is 4.31 Å². The molecular formula is C18H18ClF3N2O3S2. The van der Waals surface area contributed by atoms with Gasteiger partial charge in [0.25, 0.3) is 0 Å². The summed E-state index contributed by atoms with van der Waals surface area (Å²) < 4.78 is 55.2. The second kappa shape index (κ2) is 9.23. The average molecular weight is 467 g/mol. The van der Waals surface area contributed by atoms with Crippen LogP contribution < -0.4 is 5.32 Å². The molecule has 2 aromatic rings. The summed E-state index contributed by atoms with van der Waals surface area (Å²) in [4.78, 5) is 12.6. The summed E-state index contributed by atoms with van der Waals surface area (Å²) in [5, 5.41) is 11.6. The highest BCUT2D eigenvalue weighted by Crippen LogP contribution is 2.34. The van der Waals surface area contributed by atoms with Crippen LogP contribution >= 0.6 is 22.9 Å². The Morgan fingerprint density at radius 2 is 2.14 bits per heavy atom. The molecule has 5 nitrogen and oxygen atoms in total. The molecule has 1 amide bonds. The Kier molecular flexibility index (Phi) is 7.13. The molecule has 0 aliphatic carbocycles. The summed E-state index contributed by atoms with van der Waals surface area (Å²) >= 11 is 5.48. The van der Waals surface area contributed by atoms with E-state index < -0.39 is 41.7 Å². The Morgan fingerprint density at radius 3 is 2.76 bits per heavy atom. The monoisotopic (exact) mass is 466 g/mol. The molecule has 158 valence electrons. The second-order valence-electron chi connectivity index (χ2n) is 6.47. The molecule has 2 heterocycles. The molecule has 1 fully saturated rings. The van der Waals surface area contributed by atoms with Gasteiger partial charge in [0.2, 0.25) is 10.1 Å². The molecule has 11 heteroatoms. The first-order valence-corrected chi connectivity index (χ1v) is 11.0. The largest absolute Gasteiger partial charge is 0.592 e. The molecule has 1 aromatic carbocycles. The topological polar surface area (TPSA) is 75.6 Å². The van der Waals surface area contributed by atoms with E-state index in [1.165, 1.54) is 16.4 Å². The minimum Gasteiger partial charge on any atom is -0.592 e. The third-order valence-electron chi connectivity index (χ3n) is 4.56. The average Bonchev–Trinajstić information content (AvgIpc) is 3.34. The van der Waals surface area contributed by atoms with Crippen LogP contribution in [0.2, 0.25) is 4.34 Å². The predicted octanol–water partition coefficient (Wildman–Crippen LogP) is 3.72. The lowest BCUT2D eigenvalue weighted by Gasteiger charge is -2.24. The lowest BCUT2D eigenvalue weighted by molar-refractivity contribution is -0.138. The van der Waals surface area contributed by atoms with Crippen molar-refractivity contribution in [3.05, 3.63) is 51.4 Å². The van der Waals surface area contributed by atoms with Crippen molar-refractivity contribution in [2.45, 2.75) is 42.4 Å². The van der Waals surface area contributed by atoms with E-state index in [2.05, 4.69) is 5.32 Å². The number of rotatable bonds is 6. The van der Waals surface area contributed by atoms with Gasteiger partial charge in [-0.3, -0.25) is 4.79 Å². The molecule has 1 unspecified atom stereocenters. The number of benzene rings is 1. The van der Waals surface area contributed by atoms with E-state index in [4.69, 9.17) is 16.7 Å². The van der Waals surface area contributed by atoms with Crippen LogP contribution in [-0.4, -0.2) is 32.5 Å². The quantitative estimate of drug-likeness (QED) is 0.636. The van der Waals surface area contributed by atoms with Crippen molar-refractivity contribution < 1.29 is 27.6 Å². The molecule has 2 N–H and O–H groups in total. The van der Waals surface area contributed by atoms with Crippen LogP contribution in [0.3, 0.4) is 0 Å². The third-order valence-corrected chi connectivity index (χ3v) is 7.60. The lowest BCUT2D eigenvalue weighted by Crippen LogP contribution is -2.45. The van der Waals surface area contributed by atoms with E-state index in [0.717, 1.165) is 17.4 Å². The van der Waals surface area contributed by atoms with Crippen LogP contribution in [0.1, 0.15) is 29.5 Å². The molecule has 0 bridgehead atoms. The fourth-order valence-corrected chi connectivity index (χ4v) is 6.05. The van der Waals surface area contributed by atoms with E-state index in [9.17, 15) is 22.5 Å². The van der Waals surface area contributed by atoms with E-state index in [-0.39, 0.29) is 17.7 Å². The van der Waals surface area contributed by atoms with Gasteiger partial charge in [-0.05, 0) is 36.1 Å². The fraction of sp³-hybridized carbons (Fsp3) is 0.389. The van der Waals surface area contributed by atoms with E-state index >= 15 is 0 Å². The number of aliphatic hydroxyl groups excluding tert-OH is 1. The van der Waals surface area contributed by atoms with Crippen LogP contribution in [0, 0.1) is 0 Å². The zero-order valence-electron chi connectivity index (χ0n) is 15.0. The molecule has 29 heavy (non-hydrogen) atoms. The maximum Gasteiger partial charge on any atom is 0.416 e. The van der Waals surface area contributed by atoms with Crippen LogP contribution in [0.4, 0.5) is 13.2 Å². The number of alkyl halides is 3. The molecule has 0 radical (unpaired) electrons. The van der Waals surface area contributed by atoms with Gasteiger partial charge < -0.3 is 15.0 Å². The highest BCUT2D eigenvalue weighted by molar-refractivity contribution is 7.91. The molecule has 3 rings (SSSR count). The van der Waals surface area contributed by atoms with Crippen molar-refractivity contribution in [3.8, 4) is 0 Å². The zero-order valence-corrected chi connectivity index (χ0v) is 17.4. The SMILES string of the molecule is O=C(NCc1ccc(CO)cc1C(F)(F)F)[C@@H]1CCCN1[S+]([O-])c1ccc(Cl)s1. The van der Waals surface area contributed by atoms with Gasteiger partial charge in [-0.2, -0.15) is 13.2 Å². The van der Waals surface area contributed by atoms with Gasteiger partial charge in [0.1, 0.15) is 6.04 Å². The van der Waals surface area contributed by atoms with Crippen molar-refractivity contribution in [2.75, 3.05) is 6.54 Å².